The first kappa shape index (κ1) is 30.0. The van der Waals surface area contributed by atoms with Crippen molar-refractivity contribution in [2.75, 3.05) is 27.5 Å². The zero-order valence-electron chi connectivity index (χ0n) is 22.9. The number of sulfonamides is 1. The molecule has 0 saturated heterocycles. The van der Waals surface area contributed by atoms with Gasteiger partial charge in [-0.1, -0.05) is 12.1 Å². The number of allylic oxidation sites excluding steroid dienone is 2. The van der Waals surface area contributed by atoms with Crippen LogP contribution in [0.5, 0.6) is 11.6 Å². The molecule has 11 nitrogen and oxygen atoms in total. The van der Waals surface area contributed by atoms with Crippen LogP contribution in [0.2, 0.25) is 0 Å². The molecule has 0 bridgehead atoms. The van der Waals surface area contributed by atoms with Crippen molar-refractivity contribution >= 4 is 26.8 Å². The molecule has 1 aliphatic rings. The highest BCUT2D eigenvalue weighted by Gasteiger charge is 2.40. The Bertz CT molecular complexity index is 1630. The average molecular weight is 595 g/mol. The summed E-state index contributed by atoms with van der Waals surface area (Å²) in [5, 5.41) is 3.18. The number of carbonyl (C=O) groups is 1. The molecule has 0 spiro atoms. The monoisotopic (exact) mass is 594 g/mol. The fourth-order valence-electron chi connectivity index (χ4n) is 4.45. The number of amides is 1. The number of nitrogens with one attached hydrogen (secondary N) is 2. The van der Waals surface area contributed by atoms with E-state index < -0.39 is 39.8 Å². The largest absolute Gasteiger partial charge is 0.437 e. The molecule has 3 aromatic rings. The summed E-state index contributed by atoms with van der Waals surface area (Å²) in [5.41, 5.74) is -0.825. The van der Waals surface area contributed by atoms with Gasteiger partial charge in [-0.3, -0.25) is 9.52 Å². The lowest BCUT2D eigenvalue weighted by Gasteiger charge is -2.31. The Kier molecular flexibility index (Phi) is 8.42. The molecule has 2 N–H and O–H groups in total. The Hall–Kier alpha value is -3.95. The minimum absolute atomic E-state index is 0.121. The highest BCUT2D eigenvalue weighted by molar-refractivity contribution is 7.88. The van der Waals surface area contributed by atoms with Crippen LogP contribution in [0.4, 0.5) is 13.2 Å². The molecule has 4 rings (SSSR count). The second-order valence-corrected chi connectivity index (χ2v) is 11.4. The van der Waals surface area contributed by atoms with Gasteiger partial charge in [0.1, 0.15) is 17.6 Å². The molecule has 15 heteroatoms. The molecule has 1 amide bonds. The van der Waals surface area contributed by atoms with Crippen LogP contribution in [0, 0.1) is 0 Å². The van der Waals surface area contributed by atoms with Crippen molar-refractivity contribution in [3.8, 4) is 11.6 Å². The highest BCUT2D eigenvalue weighted by Crippen LogP contribution is 2.34. The lowest BCUT2D eigenvalue weighted by Crippen LogP contribution is -2.49. The van der Waals surface area contributed by atoms with Gasteiger partial charge in [-0.2, -0.15) is 18.2 Å². The molecule has 0 radical (unpaired) electrons. The molecule has 41 heavy (non-hydrogen) atoms. The number of fused-ring (bicyclic) bond motifs is 1. The van der Waals surface area contributed by atoms with Crippen LogP contribution in [-0.4, -0.2) is 79.5 Å². The molecular weight excluding hydrogens is 565 g/mol. The van der Waals surface area contributed by atoms with E-state index in [2.05, 4.69) is 20.0 Å². The van der Waals surface area contributed by atoms with E-state index in [0.29, 0.717) is 41.0 Å². The highest BCUT2D eigenvalue weighted by atomic mass is 32.2. The van der Waals surface area contributed by atoms with Gasteiger partial charge in [0, 0.05) is 31.8 Å². The Morgan fingerprint density at radius 1 is 1.22 bits per heavy atom. The molecular formula is C26H29F3N6O5S. The summed E-state index contributed by atoms with van der Waals surface area (Å²) in [6.45, 7) is 0.501. The molecule has 1 aliphatic carbocycles. The number of ether oxygens (including phenoxy) is 2. The molecule has 0 saturated carbocycles. The number of rotatable bonds is 9. The van der Waals surface area contributed by atoms with Crippen LogP contribution < -0.4 is 14.8 Å². The van der Waals surface area contributed by atoms with Crippen LogP contribution in [0.3, 0.4) is 0 Å². The van der Waals surface area contributed by atoms with E-state index in [1.54, 1.807) is 48.1 Å². The quantitative estimate of drug-likeness (QED) is 0.387. The van der Waals surface area contributed by atoms with Gasteiger partial charge in [-0.15, -0.1) is 0 Å². The fraction of sp³-hybridized carbons (Fsp3) is 0.346. The van der Waals surface area contributed by atoms with E-state index in [1.807, 2.05) is 19.0 Å². The Morgan fingerprint density at radius 2 is 1.95 bits per heavy atom. The van der Waals surface area contributed by atoms with Gasteiger partial charge in [-0.05, 0) is 38.4 Å². The number of methoxy groups -OCH3 is 1. The van der Waals surface area contributed by atoms with Crippen molar-refractivity contribution < 1.29 is 35.9 Å². The van der Waals surface area contributed by atoms with Gasteiger partial charge in [0.05, 0.1) is 35.6 Å². The third-order valence-corrected chi connectivity index (χ3v) is 6.70. The Balaban J connectivity index is 1.66. The van der Waals surface area contributed by atoms with E-state index in [0.717, 1.165) is 12.3 Å². The second-order valence-electron chi connectivity index (χ2n) is 9.68. The van der Waals surface area contributed by atoms with Crippen LogP contribution in [0.25, 0.3) is 10.9 Å². The van der Waals surface area contributed by atoms with Gasteiger partial charge in [-0.25, -0.2) is 13.4 Å². The number of benzene rings is 1. The third kappa shape index (κ3) is 7.04. The normalized spacial score (nSPS) is 17.8. The first-order valence-corrected chi connectivity index (χ1v) is 14.1. The summed E-state index contributed by atoms with van der Waals surface area (Å²) in [6, 6.07) is 7.01. The number of hydrogen-bond donors (Lipinski definition) is 2. The summed E-state index contributed by atoms with van der Waals surface area (Å²) in [7, 11) is 2.65. The van der Waals surface area contributed by atoms with E-state index in [1.165, 1.54) is 7.11 Å². The molecule has 220 valence electrons. The van der Waals surface area contributed by atoms with Crippen LogP contribution >= 0.6 is 0 Å². The maximum Gasteiger partial charge on any atom is 0.416 e. The number of aryl methyl sites for hydroxylation is 1. The van der Waals surface area contributed by atoms with Crippen molar-refractivity contribution in [2.24, 2.45) is 7.05 Å². The molecule has 2 heterocycles. The number of alkyl halides is 3. The third-order valence-electron chi connectivity index (χ3n) is 6.09. The summed E-state index contributed by atoms with van der Waals surface area (Å²) in [6.07, 6.45) is -2.22. The summed E-state index contributed by atoms with van der Waals surface area (Å²) >= 11 is 0. The lowest BCUT2D eigenvalue weighted by atomic mass is 9.96. The Labute approximate surface area is 234 Å². The summed E-state index contributed by atoms with van der Waals surface area (Å²) in [4.78, 5) is 24.0. The molecule has 2 atom stereocenters. The van der Waals surface area contributed by atoms with Crippen molar-refractivity contribution in [1.82, 2.24) is 29.5 Å². The van der Waals surface area contributed by atoms with Gasteiger partial charge in [0.2, 0.25) is 15.9 Å². The van der Waals surface area contributed by atoms with Crippen molar-refractivity contribution in [1.29, 1.82) is 0 Å². The summed E-state index contributed by atoms with van der Waals surface area (Å²) < 4.78 is 79.5. The molecule has 2 unspecified atom stereocenters. The van der Waals surface area contributed by atoms with Crippen molar-refractivity contribution in [3.63, 3.8) is 0 Å². The predicted octanol–water partition coefficient (Wildman–Crippen LogP) is 2.87. The maximum absolute atomic E-state index is 13.7. The van der Waals surface area contributed by atoms with Gasteiger partial charge in [0.25, 0.3) is 5.91 Å². The second kappa shape index (κ2) is 11.5. The summed E-state index contributed by atoms with van der Waals surface area (Å²) in [5.74, 6) is 0.532. The van der Waals surface area contributed by atoms with E-state index >= 15 is 0 Å². The van der Waals surface area contributed by atoms with E-state index in [9.17, 15) is 26.4 Å². The van der Waals surface area contributed by atoms with Gasteiger partial charge >= 0.3 is 6.18 Å². The number of aromatic nitrogens is 3. The number of halogens is 3. The van der Waals surface area contributed by atoms with Crippen LogP contribution in [0.15, 0.2) is 60.0 Å². The van der Waals surface area contributed by atoms with Crippen LogP contribution in [0.1, 0.15) is 16.3 Å². The number of nitrogens with zero attached hydrogens (tertiary/aromatic N) is 4. The zero-order valence-corrected chi connectivity index (χ0v) is 23.7. The van der Waals surface area contributed by atoms with Crippen molar-refractivity contribution in [3.05, 3.63) is 71.5 Å². The van der Waals surface area contributed by atoms with E-state index in [-0.39, 0.29) is 11.4 Å². The number of carbonyl (C=O) groups excluding carboxylic acids is 1. The Morgan fingerprint density at radius 3 is 2.59 bits per heavy atom. The van der Waals surface area contributed by atoms with Gasteiger partial charge < -0.3 is 24.3 Å². The van der Waals surface area contributed by atoms with Crippen LogP contribution in [-0.2, 0) is 28.4 Å². The zero-order chi connectivity index (χ0) is 30.1. The average Bonchev–Trinajstić information content (AvgIpc) is 3.19. The molecule has 0 fully saturated rings. The minimum Gasteiger partial charge on any atom is -0.437 e. The standard InChI is InChI=1S/C26H29F3N6O5S/c1-34(2)14-21-30-10-9-22(32-21)40-20-8-6-7-15-11-19(35(3)23(15)20)25(36)31-17-12-16(26(27,28)29)13-18(24(17)39-4)33-41(5,37)38/h6-13,17,24,33H,14H2,1-5H3,(H,31,36). The first-order valence-electron chi connectivity index (χ1n) is 12.2. The van der Waals surface area contributed by atoms with Gasteiger partial charge in [0.15, 0.2) is 5.75 Å². The SMILES string of the molecule is COC1C(NS(C)(=O)=O)=CC(C(F)(F)F)=CC1NC(=O)c1cc2cccc(Oc3ccnc(CN(C)C)n3)c2n1C. The molecule has 2 aromatic heterocycles. The predicted molar refractivity (Wildman–Crippen MR) is 145 cm³/mol. The first-order chi connectivity index (χ1) is 19.2. The van der Waals surface area contributed by atoms with Crippen molar-refractivity contribution in [2.45, 2.75) is 24.9 Å². The minimum atomic E-state index is -4.80. The lowest BCUT2D eigenvalue weighted by molar-refractivity contribution is -0.0895. The smallest absolute Gasteiger partial charge is 0.416 e. The molecule has 0 aliphatic heterocycles. The fourth-order valence-corrected chi connectivity index (χ4v) is 5.06. The topological polar surface area (TPSA) is 128 Å². The van der Waals surface area contributed by atoms with E-state index in [4.69, 9.17) is 9.47 Å². The number of hydrogen-bond acceptors (Lipinski definition) is 8. The maximum atomic E-state index is 13.7. The molecule has 1 aromatic carbocycles. The number of para-hydroxylation sites is 1.